The van der Waals surface area contributed by atoms with Gasteiger partial charge >= 0.3 is 0 Å². The Bertz CT molecular complexity index is 230. The fourth-order valence-electron chi connectivity index (χ4n) is 3.00. The van der Waals surface area contributed by atoms with E-state index in [9.17, 15) is 0 Å². The molecule has 0 bridgehead atoms. The van der Waals surface area contributed by atoms with Crippen molar-refractivity contribution in [1.29, 1.82) is 0 Å². The molecule has 1 aliphatic heterocycles. The summed E-state index contributed by atoms with van der Waals surface area (Å²) in [5.41, 5.74) is 0.687. The maximum Gasteiger partial charge on any atom is 0.00967 e. The van der Waals surface area contributed by atoms with Gasteiger partial charge in [0.15, 0.2) is 0 Å². The number of hydrogen-bond donors (Lipinski definition) is 1. The van der Waals surface area contributed by atoms with Crippen LogP contribution in [-0.4, -0.2) is 36.6 Å². The van der Waals surface area contributed by atoms with E-state index in [1.165, 1.54) is 58.2 Å². The van der Waals surface area contributed by atoms with Crippen LogP contribution in [0.15, 0.2) is 0 Å². The van der Waals surface area contributed by atoms with Crippen molar-refractivity contribution in [2.24, 2.45) is 5.41 Å². The van der Waals surface area contributed by atoms with Gasteiger partial charge in [-0.05, 0) is 65.0 Å². The monoisotopic (exact) mass is 268 g/mol. The Morgan fingerprint density at radius 2 is 1.42 bits per heavy atom. The number of nitrogens with one attached hydrogen (secondary N) is 1. The second-order valence-electron chi connectivity index (χ2n) is 7.50. The van der Waals surface area contributed by atoms with Crippen molar-refractivity contribution < 1.29 is 0 Å². The fraction of sp³-hybridized carbons (Fsp3) is 1.00. The summed E-state index contributed by atoms with van der Waals surface area (Å²) in [6, 6.07) is 0. The van der Waals surface area contributed by atoms with Crippen molar-refractivity contribution in [1.82, 2.24) is 10.2 Å². The van der Waals surface area contributed by atoms with Crippen molar-refractivity contribution >= 4 is 0 Å². The first-order chi connectivity index (χ1) is 8.91. The first kappa shape index (κ1) is 17.0. The first-order valence-corrected chi connectivity index (χ1v) is 8.38. The van der Waals surface area contributed by atoms with Crippen molar-refractivity contribution in [3.05, 3.63) is 0 Å². The number of rotatable bonds is 6. The molecule has 1 heterocycles. The van der Waals surface area contributed by atoms with Gasteiger partial charge in [0.1, 0.15) is 0 Å². The Morgan fingerprint density at radius 3 is 1.84 bits per heavy atom. The minimum absolute atomic E-state index is 0.231. The van der Waals surface area contributed by atoms with Gasteiger partial charge < -0.3 is 10.2 Å². The molecule has 19 heavy (non-hydrogen) atoms. The van der Waals surface area contributed by atoms with Crippen LogP contribution in [0.5, 0.6) is 0 Å². The van der Waals surface area contributed by atoms with Gasteiger partial charge in [0.2, 0.25) is 0 Å². The van der Waals surface area contributed by atoms with Crippen molar-refractivity contribution in [3.8, 4) is 0 Å². The molecule has 2 nitrogen and oxygen atoms in total. The third-order valence-corrected chi connectivity index (χ3v) is 4.75. The van der Waals surface area contributed by atoms with Crippen molar-refractivity contribution in [2.45, 2.75) is 78.7 Å². The molecular formula is C17H36N2. The third-order valence-electron chi connectivity index (χ3n) is 4.75. The minimum atomic E-state index is 0.231. The van der Waals surface area contributed by atoms with Crippen LogP contribution in [0.25, 0.3) is 0 Å². The molecule has 1 N–H and O–H groups in total. The molecule has 1 saturated heterocycles. The zero-order valence-electron chi connectivity index (χ0n) is 14.0. The number of nitrogens with zero attached hydrogens (tertiary/aromatic N) is 1. The summed E-state index contributed by atoms with van der Waals surface area (Å²) in [6.45, 7) is 16.6. The molecule has 0 radical (unpaired) electrons. The van der Waals surface area contributed by atoms with E-state index < -0.39 is 0 Å². The largest absolute Gasteiger partial charge is 0.311 e. The standard InChI is InChI=1S/C17H36N2/c1-6-17(7-2,14-18-16(3,4)5)15-19-12-10-8-9-11-13-19/h18H,6-15H2,1-5H3. The van der Waals surface area contributed by atoms with Crippen LogP contribution in [0.3, 0.4) is 0 Å². The van der Waals surface area contributed by atoms with Gasteiger partial charge in [-0.1, -0.05) is 26.7 Å². The molecule has 114 valence electrons. The molecule has 2 heteroatoms. The summed E-state index contributed by atoms with van der Waals surface area (Å²) >= 11 is 0. The van der Waals surface area contributed by atoms with Gasteiger partial charge in [0.25, 0.3) is 0 Å². The summed E-state index contributed by atoms with van der Waals surface area (Å²) in [4.78, 5) is 2.73. The molecule has 0 spiro atoms. The lowest BCUT2D eigenvalue weighted by Gasteiger charge is -2.39. The van der Waals surface area contributed by atoms with E-state index in [1.807, 2.05) is 0 Å². The smallest absolute Gasteiger partial charge is 0.00967 e. The van der Waals surface area contributed by atoms with Crippen LogP contribution in [0.2, 0.25) is 0 Å². The predicted octanol–water partition coefficient (Wildman–Crippen LogP) is 4.06. The molecule has 0 amide bonds. The average Bonchev–Trinajstić information content (AvgIpc) is 2.62. The topological polar surface area (TPSA) is 15.3 Å². The summed E-state index contributed by atoms with van der Waals surface area (Å²) < 4.78 is 0. The van der Waals surface area contributed by atoms with Gasteiger partial charge in [-0.3, -0.25) is 0 Å². The lowest BCUT2D eigenvalue weighted by atomic mass is 9.81. The maximum absolute atomic E-state index is 3.74. The lowest BCUT2D eigenvalue weighted by molar-refractivity contribution is 0.128. The summed E-state index contributed by atoms with van der Waals surface area (Å²) in [7, 11) is 0. The second kappa shape index (κ2) is 7.64. The van der Waals surface area contributed by atoms with Gasteiger partial charge in [-0.15, -0.1) is 0 Å². The van der Waals surface area contributed by atoms with Gasteiger partial charge in [0, 0.05) is 18.6 Å². The second-order valence-corrected chi connectivity index (χ2v) is 7.50. The summed E-state index contributed by atoms with van der Waals surface area (Å²) in [5.74, 6) is 0. The van der Waals surface area contributed by atoms with E-state index in [0.717, 1.165) is 6.54 Å². The Hall–Kier alpha value is -0.0800. The van der Waals surface area contributed by atoms with Crippen molar-refractivity contribution in [2.75, 3.05) is 26.2 Å². The highest BCUT2D eigenvalue weighted by Gasteiger charge is 2.30. The lowest BCUT2D eigenvalue weighted by Crippen LogP contribution is -2.48. The Balaban J connectivity index is 2.58. The Kier molecular flexibility index (Phi) is 6.82. The van der Waals surface area contributed by atoms with E-state index in [0.29, 0.717) is 5.41 Å². The van der Waals surface area contributed by atoms with Gasteiger partial charge in [-0.2, -0.15) is 0 Å². The average molecular weight is 268 g/mol. The molecule has 0 atom stereocenters. The van der Waals surface area contributed by atoms with Gasteiger partial charge in [0.05, 0.1) is 0 Å². The Labute approximate surface area is 121 Å². The number of hydrogen-bond acceptors (Lipinski definition) is 2. The summed E-state index contributed by atoms with van der Waals surface area (Å²) in [5, 5.41) is 3.74. The zero-order chi connectivity index (χ0) is 14.4. The highest BCUT2D eigenvalue weighted by atomic mass is 15.1. The van der Waals surface area contributed by atoms with E-state index >= 15 is 0 Å². The molecule has 0 aromatic heterocycles. The van der Waals surface area contributed by atoms with Gasteiger partial charge in [-0.25, -0.2) is 0 Å². The normalized spacial score (nSPS) is 19.4. The van der Waals surface area contributed by atoms with E-state index in [-0.39, 0.29) is 5.54 Å². The molecule has 0 unspecified atom stereocenters. The molecule has 0 aromatic rings. The van der Waals surface area contributed by atoms with Crippen LogP contribution < -0.4 is 5.32 Å². The zero-order valence-corrected chi connectivity index (χ0v) is 14.0. The van der Waals surface area contributed by atoms with E-state index in [4.69, 9.17) is 0 Å². The summed E-state index contributed by atoms with van der Waals surface area (Å²) in [6.07, 6.45) is 8.22. The molecule has 0 saturated carbocycles. The van der Waals surface area contributed by atoms with Crippen LogP contribution in [0, 0.1) is 5.41 Å². The molecule has 1 fully saturated rings. The van der Waals surface area contributed by atoms with Crippen LogP contribution in [0.4, 0.5) is 0 Å². The fourth-order valence-corrected chi connectivity index (χ4v) is 3.00. The molecule has 1 aliphatic rings. The molecular weight excluding hydrogens is 232 g/mol. The molecule has 1 rings (SSSR count). The molecule has 0 aliphatic carbocycles. The van der Waals surface area contributed by atoms with Crippen molar-refractivity contribution in [3.63, 3.8) is 0 Å². The van der Waals surface area contributed by atoms with Crippen LogP contribution >= 0.6 is 0 Å². The highest BCUT2D eigenvalue weighted by Crippen LogP contribution is 2.28. The predicted molar refractivity (Wildman–Crippen MR) is 85.7 cm³/mol. The van der Waals surface area contributed by atoms with Crippen LogP contribution in [-0.2, 0) is 0 Å². The molecule has 0 aromatic carbocycles. The third kappa shape index (κ3) is 6.27. The highest BCUT2D eigenvalue weighted by molar-refractivity contribution is 4.86. The Morgan fingerprint density at radius 1 is 0.895 bits per heavy atom. The van der Waals surface area contributed by atoms with Crippen LogP contribution in [0.1, 0.15) is 73.1 Å². The van der Waals surface area contributed by atoms with E-state index in [2.05, 4.69) is 44.8 Å². The number of likely N-dealkylation sites (tertiary alicyclic amines) is 1. The first-order valence-electron chi connectivity index (χ1n) is 8.38. The quantitative estimate of drug-likeness (QED) is 0.781. The van der Waals surface area contributed by atoms with E-state index in [1.54, 1.807) is 0 Å². The SMILES string of the molecule is CCC(CC)(CNC(C)(C)C)CN1CCCCCC1. The maximum atomic E-state index is 3.74. The minimum Gasteiger partial charge on any atom is -0.311 e.